The van der Waals surface area contributed by atoms with Gasteiger partial charge in [-0.1, -0.05) is 0 Å². The van der Waals surface area contributed by atoms with Crippen molar-refractivity contribution in [1.82, 2.24) is 20.4 Å². The summed E-state index contributed by atoms with van der Waals surface area (Å²) >= 11 is 0. The highest BCUT2D eigenvalue weighted by atomic mass is 16.6. The fourth-order valence-electron chi connectivity index (χ4n) is 3.52. The Balaban J connectivity index is 1.82. The van der Waals surface area contributed by atoms with Crippen LogP contribution in [0.4, 0.5) is 4.79 Å². The summed E-state index contributed by atoms with van der Waals surface area (Å²) in [5.74, 6) is 1.08. The summed E-state index contributed by atoms with van der Waals surface area (Å²) < 4.78 is 5.49. The van der Waals surface area contributed by atoms with Crippen LogP contribution in [0.25, 0.3) is 0 Å². The molecule has 2 saturated heterocycles. The molecule has 28 heavy (non-hydrogen) atoms. The molecule has 2 aliphatic rings. The highest BCUT2D eigenvalue weighted by Crippen LogP contribution is 2.18. The van der Waals surface area contributed by atoms with E-state index in [0.29, 0.717) is 25.0 Å². The maximum Gasteiger partial charge on any atom is 0.410 e. The van der Waals surface area contributed by atoms with E-state index in [4.69, 9.17) is 4.74 Å². The van der Waals surface area contributed by atoms with Gasteiger partial charge in [-0.2, -0.15) is 0 Å². The lowest BCUT2D eigenvalue weighted by molar-refractivity contribution is -0.128. The second-order valence-electron chi connectivity index (χ2n) is 8.60. The van der Waals surface area contributed by atoms with Crippen molar-refractivity contribution in [2.24, 2.45) is 10.9 Å². The minimum absolute atomic E-state index is 0.0865. The number of ether oxygens (including phenoxy) is 1. The Labute approximate surface area is 169 Å². The van der Waals surface area contributed by atoms with E-state index in [1.807, 2.05) is 32.6 Å². The average molecular weight is 396 g/mol. The first-order chi connectivity index (χ1) is 13.3. The van der Waals surface area contributed by atoms with E-state index in [1.165, 1.54) is 0 Å². The van der Waals surface area contributed by atoms with Gasteiger partial charge in [-0.05, 0) is 59.3 Å². The Kier molecular flexibility index (Phi) is 8.38. The molecule has 0 aromatic rings. The smallest absolute Gasteiger partial charge is 0.410 e. The zero-order valence-electron chi connectivity index (χ0n) is 17.9. The number of rotatable bonds is 5. The summed E-state index contributed by atoms with van der Waals surface area (Å²) in [7, 11) is 0. The van der Waals surface area contributed by atoms with Crippen LogP contribution in [-0.4, -0.2) is 79.2 Å². The lowest BCUT2D eigenvalue weighted by Gasteiger charge is -2.34. The monoisotopic (exact) mass is 395 g/mol. The third-order valence-corrected chi connectivity index (χ3v) is 4.90. The Bertz CT molecular complexity index is 553. The summed E-state index contributed by atoms with van der Waals surface area (Å²) in [6.07, 6.45) is 3.95. The van der Waals surface area contributed by atoms with Gasteiger partial charge in [0.2, 0.25) is 5.91 Å². The number of hydrogen-bond acceptors (Lipinski definition) is 4. The number of aliphatic imine (C=N–C) groups is 1. The van der Waals surface area contributed by atoms with Crippen LogP contribution in [0.15, 0.2) is 4.99 Å². The van der Waals surface area contributed by atoms with Gasteiger partial charge < -0.3 is 25.2 Å². The lowest BCUT2D eigenvalue weighted by atomic mass is 9.98. The number of hydrogen-bond donors (Lipinski definition) is 2. The fourth-order valence-corrected chi connectivity index (χ4v) is 3.52. The van der Waals surface area contributed by atoms with Gasteiger partial charge >= 0.3 is 6.09 Å². The molecule has 1 unspecified atom stereocenters. The maximum absolute atomic E-state index is 12.3. The Morgan fingerprint density at radius 3 is 2.39 bits per heavy atom. The third kappa shape index (κ3) is 7.56. The van der Waals surface area contributed by atoms with E-state index in [0.717, 1.165) is 51.9 Å². The van der Waals surface area contributed by atoms with Gasteiger partial charge in [0.15, 0.2) is 5.96 Å². The molecule has 0 saturated carbocycles. The number of nitrogens with zero attached hydrogens (tertiary/aromatic N) is 3. The number of carbonyl (C=O) groups excluding carboxylic acids is 2. The predicted octanol–water partition coefficient (Wildman–Crippen LogP) is 1.81. The van der Waals surface area contributed by atoms with Gasteiger partial charge in [0, 0.05) is 39.3 Å². The molecule has 2 N–H and O–H groups in total. The van der Waals surface area contributed by atoms with Crippen molar-refractivity contribution in [2.45, 2.75) is 59.0 Å². The van der Waals surface area contributed by atoms with Crippen LogP contribution >= 0.6 is 0 Å². The molecule has 2 amide bonds. The highest BCUT2D eigenvalue weighted by Gasteiger charge is 2.27. The van der Waals surface area contributed by atoms with Crippen LogP contribution in [0.3, 0.4) is 0 Å². The van der Waals surface area contributed by atoms with Crippen molar-refractivity contribution >= 4 is 18.0 Å². The number of guanidine groups is 1. The first kappa shape index (κ1) is 22.3. The van der Waals surface area contributed by atoms with Crippen molar-refractivity contribution < 1.29 is 14.3 Å². The minimum atomic E-state index is -0.477. The van der Waals surface area contributed by atoms with Gasteiger partial charge in [0.1, 0.15) is 12.1 Å². The Morgan fingerprint density at radius 2 is 1.75 bits per heavy atom. The van der Waals surface area contributed by atoms with Crippen LogP contribution in [0.5, 0.6) is 0 Å². The predicted molar refractivity (Wildman–Crippen MR) is 110 cm³/mol. The zero-order chi connectivity index (χ0) is 20.6. The normalized spacial score (nSPS) is 20.9. The molecule has 0 spiro atoms. The molecule has 1 atom stereocenters. The molecule has 2 heterocycles. The molecule has 0 aromatic heterocycles. The molecule has 0 aromatic carbocycles. The molecular formula is C20H37N5O3. The van der Waals surface area contributed by atoms with Crippen LogP contribution in [0.1, 0.15) is 53.4 Å². The molecule has 160 valence electrons. The van der Waals surface area contributed by atoms with Crippen molar-refractivity contribution in [3.8, 4) is 0 Å². The van der Waals surface area contributed by atoms with E-state index in [-0.39, 0.29) is 18.5 Å². The molecule has 8 nitrogen and oxygen atoms in total. The number of amides is 2. The summed E-state index contributed by atoms with van der Waals surface area (Å²) in [6, 6.07) is 0. The van der Waals surface area contributed by atoms with Gasteiger partial charge in [-0.3, -0.25) is 4.79 Å². The molecule has 2 rings (SSSR count). The van der Waals surface area contributed by atoms with Gasteiger partial charge in [0.25, 0.3) is 0 Å². The molecule has 8 heteroatoms. The van der Waals surface area contributed by atoms with Gasteiger partial charge in [-0.15, -0.1) is 0 Å². The topological polar surface area (TPSA) is 86.3 Å². The van der Waals surface area contributed by atoms with Crippen LogP contribution in [0, 0.1) is 5.92 Å². The summed E-state index contributed by atoms with van der Waals surface area (Å²) in [5.41, 5.74) is -0.477. The largest absolute Gasteiger partial charge is 0.444 e. The minimum Gasteiger partial charge on any atom is -0.444 e. The summed E-state index contributed by atoms with van der Waals surface area (Å²) in [5, 5.41) is 6.53. The SMILES string of the molecule is CCNC(=NCC(=O)N1CCCC1)NCC1CCCN(C(=O)OC(C)(C)C)C1. The number of likely N-dealkylation sites (tertiary alicyclic amines) is 2. The van der Waals surface area contributed by atoms with Crippen molar-refractivity contribution in [3.05, 3.63) is 0 Å². The maximum atomic E-state index is 12.3. The standard InChI is InChI=1S/C20H37N5O3/c1-5-21-18(23-14-17(26)24-10-6-7-11-24)22-13-16-9-8-12-25(15-16)19(27)28-20(2,3)4/h16H,5-15H2,1-4H3,(H2,21,22,23). The van der Waals surface area contributed by atoms with E-state index in [1.54, 1.807) is 4.90 Å². The Morgan fingerprint density at radius 1 is 1.07 bits per heavy atom. The van der Waals surface area contributed by atoms with E-state index >= 15 is 0 Å². The molecule has 2 fully saturated rings. The van der Waals surface area contributed by atoms with Crippen molar-refractivity contribution in [3.63, 3.8) is 0 Å². The Hall–Kier alpha value is -1.99. The number of nitrogens with one attached hydrogen (secondary N) is 2. The quantitative estimate of drug-likeness (QED) is 0.548. The van der Waals surface area contributed by atoms with Crippen LogP contribution < -0.4 is 10.6 Å². The van der Waals surface area contributed by atoms with E-state index in [9.17, 15) is 9.59 Å². The molecule has 0 radical (unpaired) electrons. The molecule has 0 bridgehead atoms. The zero-order valence-corrected chi connectivity index (χ0v) is 17.9. The average Bonchev–Trinajstić information content (AvgIpc) is 3.17. The molecule has 2 aliphatic heterocycles. The fraction of sp³-hybridized carbons (Fsp3) is 0.850. The van der Waals surface area contributed by atoms with E-state index < -0.39 is 5.60 Å². The summed E-state index contributed by atoms with van der Waals surface area (Å²) in [4.78, 5) is 32.6. The first-order valence-corrected chi connectivity index (χ1v) is 10.6. The van der Waals surface area contributed by atoms with Crippen LogP contribution in [0.2, 0.25) is 0 Å². The number of piperidine rings is 1. The van der Waals surface area contributed by atoms with Gasteiger partial charge in [-0.25, -0.2) is 9.79 Å². The first-order valence-electron chi connectivity index (χ1n) is 10.6. The van der Waals surface area contributed by atoms with E-state index in [2.05, 4.69) is 15.6 Å². The highest BCUT2D eigenvalue weighted by molar-refractivity contribution is 5.85. The van der Waals surface area contributed by atoms with Crippen molar-refractivity contribution in [2.75, 3.05) is 45.8 Å². The van der Waals surface area contributed by atoms with Gasteiger partial charge in [0.05, 0.1) is 0 Å². The summed E-state index contributed by atoms with van der Waals surface area (Å²) in [6.45, 7) is 12.4. The van der Waals surface area contributed by atoms with Crippen molar-refractivity contribution in [1.29, 1.82) is 0 Å². The lowest BCUT2D eigenvalue weighted by Crippen LogP contribution is -2.47. The van der Waals surface area contributed by atoms with Crippen LogP contribution in [-0.2, 0) is 9.53 Å². The second kappa shape index (κ2) is 10.5. The molecule has 0 aliphatic carbocycles. The number of carbonyl (C=O) groups is 2. The second-order valence-corrected chi connectivity index (χ2v) is 8.60. The molecular weight excluding hydrogens is 358 g/mol. The third-order valence-electron chi connectivity index (χ3n) is 4.90.